The molecule has 1 unspecified atom stereocenters. The summed E-state index contributed by atoms with van der Waals surface area (Å²) in [5.41, 5.74) is 0. The maximum Gasteiger partial charge on any atom is 0.303 e. The average Bonchev–Trinajstić information content (AvgIpc) is 2.01. The van der Waals surface area contributed by atoms with Crippen LogP contribution in [0.25, 0.3) is 0 Å². The first kappa shape index (κ1) is 13.9. The van der Waals surface area contributed by atoms with Crippen LogP contribution >= 0.6 is 0 Å². The van der Waals surface area contributed by atoms with Crippen LogP contribution in [0.2, 0.25) is 0 Å². The first-order chi connectivity index (χ1) is 6.88. The third kappa shape index (κ3) is 5.40. The summed E-state index contributed by atoms with van der Waals surface area (Å²) < 4.78 is 0. The molecule has 0 aromatic carbocycles. The minimum atomic E-state index is -0.845. The van der Waals surface area contributed by atoms with Gasteiger partial charge in [-0.25, -0.2) is 0 Å². The normalized spacial score (nSPS) is 12.6. The Morgan fingerprint density at radius 1 is 1.20 bits per heavy atom. The van der Waals surface area contributed by atoms with Gasteiger partial charge in [0.05, 0.1) is 0 Å². The van der Waals surface area contributed by atoms with Gasteiger partial charge in [0.25, 0.3) is 0 Å². The second kappa shape index (κ2) is 6.43. The van der Waals surface area contributed by atoms with E-state index in [9.17, 15) is 9.59 Å². The molecule has 0 bridgehead atoms. The van der Waals surface area contributed by atoms with E-state index in [0.717, 1.165) is 0 Å². The number of carbonyl (C=O) groups is 2. The molecule has 1 N–H and O–H groups in total. The van der Waals surface area contributed by atoms with E-state index in [2.05, 4.69) is 0 Å². The van der Waals surface area contributed by atoms with Crippen molar-refractivity contribution >= 4 is 11.9 Å². The third-order valence-electron chi connectivity index (χ3n) is 2.33. The van der Waals surface area contributed by atoms with E-state index in [1.807, 2.05) is 20.8 Å². The molecule has 0 aliphatic carbocycles. The van der Waals surface area contributed by atoms with Crippen LogP contribution in [0.5, 0.6) is 0 Å². The lowest BCUT2D eigenvalue weighted by molar-refractivity contribution is -0.138. The quantitative estimate of drug-likeness (QED) is 0.734. The molecule has 0 heterocycles. The molecular formula is C11H21NO3. The Balaban J connectivity index is 4.16. The summed E-state index contributed by atoms with van der Waals surface area (Å²) in [6.07, 6.45) is 0.375. The van der Waals surface area contributed by atoms with Crippen molar-refractivity contribution in [1.82, 2.24) is 4.90 Å². The zero-order valence-corrected chi connectivity index (χ0v) is 9.99. The number of aliphatic carboxylic acids is 1. The minimum Gasteiger partial charge on any atom is -0.481 e. The smallest absolute Gasteiger partial charge is 0.303 e. The molecule has 0 aromatic rings. The Bertz CT molecular complexity index is 226. The van der Waals surface area contributed by atoms with Gasteiger partial charge in [0.2, 0.25) is 5.91 Å². The molecule has 0 radical (unpaired) electrons. The summed E-state index contributed by atoms with van der Waals surface area (Å²) >= 11 is 0. The largest absolute Gasteiger partial charge is 0.481 e. The summed E-state index contributed by atoms with van der Waals surface area (Å²) in [6, 6.07) is 0.180. The summed E-state index contributed by atoms with van der Waals surface area (Å²) in [4.78, 5) is 23.9. The molecule has 0 spiro atoms. The Morgan fingerprint density at radius 3 is 2.07 bits per heavy atom. The molecule has 15 heavy (non-hydrogen) atoms. The molecular weight excluding hydrogens is 194 g/mol. The number of carboxylic acids is 1. The predicted molar refractivity (Wildman–Crippen MR) is 58.6 cm³/mol. The van der Waals surface area contributed by atoms with Gasteiger partial charge in [0, 0.05) is 25.4 Å². The molecule has 0 aliphatic rings. The topological polar surface area (TPSA) is 57.6 Å². The van der Waals surface area contributed by atoms with Gasteiger partial charge < -0.3 is 10.0 Å². The van der Waals surface area contributed by atoms with Crippen molar-refractivity contribution < 1.29 is 14.7 Å². The number of amides is 1. The molecule has 4 nitrogen and oxygen atoms in total. The Hall–Kier alpha value is -1.06. The number of rotatable bonds is 6. The zero-order valence-electron chi connectivity index (χ0n) is 9.99. The van der Waals surface area contributed by atoms with Crippen LogP contribution in [0.3, 0.4) is 0 Å². The average molecular weight is 215 g/mol. The van der Waals surface area contributed by atoms with Crippen LogP contribution < -0.4 is 0 Å². The highest BCUT2D eigenvalue weighted by Crippen LogP contribution is 2.11. The van der Waals surface area contributed by atoms with Gasteiger partial charge in [0.1, 0.15) is 0 Å². The van der Waals surface area contributed by atoms with E-state index < -0.39 is 5.97 Å². The number of hydrogen-bond acceptors (Lipinski definition) is 2. The van der Waals surface area contributed by atoms with Crippen LogP contribution in [-0.2, 0) is 9.59 Å². The maximum atomic E-state index is 11.7. The molecule has 0 aromatic heterocycles. The van der Waals surface area contributed by atoms with Crippen LogP contribution in [0.1, 0.15) is 40.5 Å². The molecule has 0 saturated carbocycles. The van der Waals surface area contributed by atoms with Crippen molar-refractivity contribution in [3.05, 3.63) is 0 Å². The Labute approximate surface area is 91.3 Å². The zero-order chi connectivity index (χ0) is 12.0. The van der Waals surface area contributed by atoms with Gasteiger partial charge in [-0.05, 0) is 26.7 Å². The van der Waals surface area contributed by atoms with E-state index in [-0.39, 0.29) is 24.3 Å². The highest BCUT2D eigenvalue weighted by Gasteiger charge is 2.18. The standard InChI is InChI=1S/C11H21NO3/c1-5-12(8(2)3)10(13)6-9(4)7-11(14)15/h8-9H,5-7H2,1-4H3,(H,14,15). The molecule has 0 fully saturated rings. The summed E-state index contributed by atoms with van der Waals surface area (Å²) in [5.74, 6) is -0.896. The SMILES string of the molecule is CCN(C(=O)CC(C)CC(=O)O)C(C)C. The highest BCUT2D eigenvalue weighted by atomic mass is 16.4. The third-order valence-corrected chi connectivity index (χ3v) is 2.33. The minimum absolute atomic E-state index is 0.0428. The van der Waals surface area contributed by atoms with Crippen molar-refractivity contribution in [3.8, 4) is 0 Å². The number of hydrogen-bond donors (Lipinski definition) is 1. The van der Waals surface area contributed by atoms with E-state index >= 15 is 0 Å². The van der Waals surface area contributed by atoms with Crippen molar-refractivity contribution in [2.45, 2.75) is 46.6 Å². The van der Waals surface area contributed by atoms with Crippen LogP contribution in [0.4, 0.5) is 0 Å². The lowest BCUT2D eigenvalue weighted by Crippen LogP contribution is -2.37. The fraction of sp³-hybridized carbons (Fsp3) is 0.818. The fourth-order valence-electron chi connectivity index (χ4n) is 1.62. The van der Waals surface area contributed by atoms with E-state index in [4.69, 9.17) is 5.11 Å². The van der Waals surface area contributed by atoms with Gasteiger partial charge in [-0.3, -0.25) is 9.59 Å². The van der Waals surface area contributed by atoms with E-state index in [0.29, 0.717) is 13.0 Å². The Kier molecular flexibility index (Phi) is 5.97. The van der Waals surface area contributed by atoms with E-state index in [1.54, 1.807) is 11.8 Å². The highest BCUT2D eigenvalue weighted by molar-refractivity contribution is 5.77. The Morgan fingerprint density at radius 2 is 1.73 bits per heavy atom. The van der Waals surface area contributed by atoms with Crippen LogP contribution in [-0.4, -0.2) is 34.5 Å². The molecule has 1 atom stereocenters. The number of nitrogens with zero attached hydrogens (tertiary/aromatic N) is 1. The van der Waals surface area contributed by atoms with Crippen molar-refractivity contribution in [2.24, 2.45) is 5.92 Å². The van der Waals surface area contributed by atoms with Gasteiger partial charge in [0.15, 0.2) is 0 Å². The summed E-state index contributed by atoms with van der Waals surface area (Å²) in [5, 5.41) is 8.58. The molecule has 0 aliphatic heterocycles. The van der Waals surface area contributed by atoms with Crippen molar-refractivity contribution in [1.29, 1.82) is 0 Å². The molecule has 0 rings (SSSR count). The summed E-state index contributed by atoms with van der Waals surface area (Å²) in [6.45, 7) is 8.32. The van der Waals surface area contributed by atoms with Gasteiger partial charge in [-0.1, -0.05) is 6.92 Å². The van der Waals surface area contributed by atoms with Gasteiger partial charge in [-0.15, -0.1) is 0 Å². The maximum absolute atomic E-state index is 11.7. The van der Waals surface area contributed by atoms with Crippen LogP contribution in [0.15, 0.2) is 0 Å². The molecule has 1 amide bonds. The summed E-state index contributed by atoms with van der Waals surface area (Å²) in [7, 11) is 0. The fourth-order valence-corrected chi connectivity index (χ4v) is 1.62. The predicted octanol–water partition coefficient (Wildman–Crippen LogP) is 1.74. The second-order valence-electron chi connectivity index (χ2n) is 4.18. The number of carboxylic acid groups (broad SMARTS) is 1. The lowest BCUT2D eigenvalue weighted by atomic mass is 10.0. The molecule has 4 heteroatoms. The number of carbonyl (C=O) groups excluding carboxylic acids is 1. The molecule has 0 saturated heterocycles. The second-order valence-corrected chi connectivity index (χ2v) is 4.18. The molecule has 88 valence electrons. The van der Waals surface area contributed by atoms with Crippen molar-refractivity contribution in [3.63, 3.8) is 0 Å². The van der Waals surface area contributed by atoms with Crippen molar-refractivity contribution in [2.75, 3.05) is 6.54 Å². The lowest BCUT2D eigenvalue weighted by Gasteiger charge is -2.26. The van der Waals surface area contributed by atoms with Gasteiger partial charge >= 0.3 is 5.97 Å². The first-order valence-corrected chi connectivity index (χ1v) is 5.39. The monoisotopic (exact) mass is 215 g/mol. The van der Waals surface area contributed by atoms with Crippen LogP contribution in [0, 0.1) is 5.92 Å². The van der Waals surface area contributed by atoms with E-state index in [1.165, 1.54) is 0 Å². The van der Waals surface area contributed by atoms with Gasteiger partial charge in [-0.2, -0.15) is 0 Å². The first-order valence-electron chi connectivity index (χ1n) is 5.39.